The van der Waals surface area contributed by atoms with E-state index in [4.69, 9.17) is 5.73 Å². The second-order valence-corrected chi connectivity index (χ2v) is 4.31. The highest BCUT2D eigenvalue weighted by molar-refractivity contribution is 5.85. The van der Waals surface area contributed by atoms with Crippen LogP contribution >= 0.6 is 12.4 Å². The number of hydrogen-bond donors (Lipinski definition) is 1. The highest BCUT2D eigenvalue weighted by Crippen LogP contribution is 2.10. The van der Waals surface area contributed by atoms with Crippen LogP contribution < -0.4 is 5.73 Å². The molecule has 2 N–H and O–H groups in total. The monoisotopic (exact) mass is 291 g/mol. The summed E-state index contributed by atoms with van der Waals surface area (Å²) in [6.45, 7) is 2.51. The Morgan fingerprint density at radius 1 is 1.20 bits per heavy atom. The van der Waals surface area contributed by atoms with Gasteiger partial charge < -0.3 is 5.73 Å². The Morgan fingerprint density at radius 3 is 2.60 bits per heavy atom. The first-order valence-corrected chi connectivity index (χ1v) is 5.84. The second-order valence-electron chi connectivity index (χ2n) is 4.31. The summed E-state index contributed by atoms with van der Waals surface area (Å²) < 4.78 is 3.39. The Morgan fingerprint density at radius 2 is 1.95 bits per heavy atom. The SMILES string of the molecule is Cc1ccc(-n2nnnc2Cn2cc(N)cn2)cc1.Cl. The Labute approximate surface area is 121 Å². The van der Waals surface area contributed by atoms with Crippen LogP contribution in [-0.4, -0.2) is 30.0 Å². The molecule has 0 spiro atoms. The van der Waals surface area contributed by atoms with Crippen molar-refractivity contribution < 1.29 is 0 Å². The third-order valence-electron chi connectivity index (χ3n) is 2.77. The number of hydrogen-bond acceptors (Lipinski definition) is 5. The zero-order valence-electron chi connectivity index (χ0n) is 10.8. The predicted molar refractivity (Wildman–Crippen MR) is 76.9 cm³/mol. The molecule has 0 aliphatic carbocycles. The second kappa shape index (κ2) is 5.70. The Kier molecular flexibility index (Phi) is 3.99. The minimum atomic E-state index is 0. The summed E-state index contributed by atoms with van der Waals surface area (Å²) in [5.41, 5.74) is 8.37. The van der Waals surface area contributed by atoms with E-state index >= 15 is 0 Å². The van der Waals surface area contributed by atoms with Gasteiger partial charge in [0.15, 0.2) is 5.82 Å². The van der Waals surface area contributed by atoms with Crippen LogP contribution in [0.15, 0.2) is 36.7 Å². The summed E-state index contributed by atoms with van der Waals surface area (Å²) >= 11 is 0. The predicted octanol–water partition coefficient (Wildman–Crippen LogP) is 1.22. The van der Waals surface area contributed by atoms with Gasteiger partial charge in [0.05, 0.1) is 17.6 Å². The molecule has 0 radical (unpaired) electrons. The molecule has 0 aliphatic heterocycles. The quantitative estimate of drug-likeness (QED) is 0.784. The first-order valence-electron chi connectivity index (χ1n) is 5.84. The molecule has 2 aromatic heterocycles. The molecular weight excluding hydrogens is 278 g/mol. The lowest BCUT2D eigenvalue weighted by molar-refractivity contribution is 0.634. The van der Waals surface area contributed by atoms with Crippen LogP contribution in [0.5, 0.6) is 0 Å². The third kappa shape index (κ3) is 2.77. The Bertz CT molecular complexity index is 686. The number of aryl methyl sites for hydroxylation is 1. The maximum atomic E-state index is 5.63. The van der Waals surface area contributed by atoms with Gasteiger partial charge in [-0.05, 0) is 29.5 Å². The number of tetrazole rings is 1. The van der Waals surface area contributed by atoms with E-state index in [0.717, 1.165) is 5.69 Å². The van der Waals surface area contributed by atoms with E-state index in [2.05, 4.69) is 20.6 Å². The van der Waals surface area contributed by atoms with Gasteiger partial charge in [0.2, 0.25) is 0 Å². The van der Waals surface area contributed by atoms with Gasteiger partial charge >= 0.3 is 0 Å². The van der Waals surface area contributed by atoms with Crippen LogP contribution in [0.4, 0.5) is 5.69 Å². The van der Waals surface area contributed by atoms with Crippen LogP contribution in [0.1, 0.15) is 11.4 Å². The van der Waals surface area contributed by atoms with Crippen LogP contribution in [0.25, 0.3) is 5.69 Å². The van der Waals surface area contributed by atoms with Crippen LogP contribution in [0.3, 0.4) is 0 Å². The normalized spacial score (nSPS) is 10.2. The van der Waals surface area contributed by atoms with Crippen LogP contribution in [-0.2, 0) is 6.54 Å². The van der Waals surface area contributed by atoms with Crippen LogP contribution in [0, 0.1) is 6.92 Å². The molecule has 0 unspecified atom stereocenters. The summed E-state index contributed by atoms with van der Waals surface area (Å²) in [4.78, 5) is 0. The van der Waals surface area contributed by atoms with Crippen molar-refractivity contribution in [2.45, 2.75) is 13.5 Å². The van der Waals surface area contributed by atoms with E-state index in [1.54, 1.807) is 21.8 Å². The summed E-state index contributed by atoms with van der Waals surface area (Å²) in [5, 5.41) is 15.9. The lowest BCUT2D eigenvalue weighted by Gasteiger charge is -2.04. The number of anilines is 1. The van der Waals surface area contributed by atoms with E-state index in [1.807, 2.05) is 31.2 Å². The molecule has 104 valence electrons. The molecule has 3 rings (SSSR count). The summed E-state index contributed by atoms with van der Waals surface area (Å²) in [6, 6.07) is 8.00. The molecule has 0 fully saturated rings. The topological polar surface area (TPSA) is 87.4 Å². The molecule has 3 aromatic rings. The lowest BCUT2D eigenvalue weighted by atomic mass is 10.2. The fraction of sp³-hybridized carbons (Fsp3) is 0.167. The van der Waals surface area contributed by atoms with Crippen molar-refractivity contribution in [1.82, 2.24) is 30.0 Å². The van der Waals surface area contributed by atoms with Crippen molar-refractivity contribution in [3.63, 3.8) is 0 Å². The first-order chi connectivity index (χ1) is 9.22. The van der Waals surface area contributed by atoms with Crippen molar-refractivity contribution in [2.75, 3.05) is 5.73 Å². The van der Waals surface area contributed by atoms with Gasteiger partial charge in [-0.3, -0.25) is 4.68 Å². The van der Waals surface area contributed by atoms with Crippen molar-refractivity contribution >= 4 is 18.1 Å². The van der Waals surface area contributed by atoms with Gasteiger partial charge in [-0.1, -0.05) is 17.7 Å². The highest BCUT2D eigenvalue weighted by atomic mass is 35.5. The van der Waals surface area contributed by atoms with Gasteiger partial charge in [-0.25, -0.2) is 0 Å². The molecule has 1 aromatic carbocycles. The van der Waals surface area contributed by atoms with Gasteiger partial charge in [-0.2, -0.15) is 9.78 Å². The number of benzene rings is 1. The zero-order chi connectivity index (χ0) is 13.2. The first kappa shape index (κ1) is 14.0. The number of nitrogens with zero attached hydrogens (tertiary/aromatic N) is 6. The van der Waals surface area contributed by atoms with Crippen molar-refractivity contribution in [2.24, 2.45) is 0 Å². The molecule has 0 bridgehead atoms. The number of halogens is 1. The summed E-state index contributed by atoms with van der Waals surface area (Å²) in [7, 11) is 0. The molecule has 2 heterocycles. The molecule has 7 nitrogen and oxygen atoms in total. The zero-order valence-corrected chi connectivity index (χ0v) is 11.7. The molecule has 0 atom stereocenters. The largest absolute Gasteiger partial charge is 0.396 e. The molecule has 20 heavy (non-hydrogen) atoms. The number of aromatic nitrogens is 6. The molecular formula is C12H14ClN7. The number of nitrogen functional groups attached to an aromatic ring is 1. The van der Waals surface area contributed by atoms with E-state index in [1.165, 1.54) is 5.56 Å². The Hall–Kier alpha value is -2.41. The minimum absolute atomic E-state index is 0. The van der Waals surface area contributed by atoms with E-state index in [-0.39, 0.29) is 12.4 Å². The van der Waals surface area contributed by atoms with Gasteiger partial charge in [0, 0.05) is 6.20 Å². The Balaban J connectivity index is 0.00000147. The fourth-order valence-corrected chi connectivity index (χ4v) is 1.80. The fourth-order valence-electron chi connectivity index (χ4n) is 1.80. The van der Waals surface area contributed by atoms with Gasteiger partial charge in [0.1, 0.15) is 6.54 Å². The molecule has 0 saturated carbocycles. The summed E-state index contributed by atoms with van der Waals surface area (Å²) in [6.07, 6.45) is 3.34. The molecule has 0 amide bonds. The van der Waals surface area contributed by atoms with Gasteiger partial charge in [-0.15, -0.1) is 17.5 Å². The minimum Gasteiger partial charge on any atom is -0.396 e. The molecule has 0 aliphatic rings. The van der Waals surface area contributed by atoms with Gasteiger partial charge in [0.25, 0.3) is 0 Å². The maximum absolute atomic E-state index is 5.63. The van der Waals surface area contributed by atoms with Crippen molar-refractivity contribution in [3.05, 3.63) is 48.0 Å². The standard InChI is InChI=1S/C12H13N7.ClH/c1-9-2-4-11(5-3-9)19-12(15-16-17-19)8-18-7-10(13)6-14-18;/h2-7H,8,13H2,1H3;1H. The van der Waals surface area contributed by atoms with Crippen LogP contribution in [0.2, 0.25) is 0 Å². The van der Waals surface area contributed by atoms with E-state index in [0.29, 0.717) is 18.1 Å². The maximum Gasteiger partial charge on any atom is 0.178 e. The highest BCUT2D eigenvalue weighted by Gasteiger charge is 2.09. The van der Waals surface area contributed by atoms with E-state index in [9.17, 15) is 0 Å². The van der Waals surface area contributed by atoms with E-state index < -0.39 is 0 Å². The third-order valence-corrected chi connectivity index (χ3v) is 2.77. The number of nitrogens with two attached hydrogens (primary N) is 1. The number of rotatable bonds is 3. The summed E-state index contributed by atoms with van der Waals surface area (Å²) in [5.74, 6) is 0.701. The van der Waals surface area contributed by atoms with Crippen molar-refractivity contribution in [1.29, 1.82) is 0 Å². The molecule has 0 saturated heterocycles. The smallest absolute Gasteiger partial charge is 0.178 e. The lowest BCUT2D eigenvalue weighted by Crippen LogP contribution is -2.09. The van der Waals surface area contributed by atoms with Crippen molar-refractivity contribution in [3.8, 4) is 5.69 Å². The molecule has 8 heteroatoms. The average molecular weight is 292 g/mol. The average Bonchev–Trinajstić information content (AvgIpc) is 3.00.